The van der Waals surface area contributed by atoms with Gasteiger partial charge in [-0.25, -0.2) is 9.67 Å². The topological polar surface area (TPSA) is 95.1 Å². The number of nitrogens with one attached hydrogen (secondary N) is 1. The van der Waals surface area contributed by atoms with Crippen LogP contribution in [0, 0.1) is 0 Å². The van der Waals surface area contributed by atoms with Gasteiger partial charge in [0.15, 0.2) is 11.5 Å². The molecule has 0 unspecified atom stereocenters. The van der Waals surface area contributed by atoms with E-state index >= 15 is 0 Å². The van der Waals surface area contributed by atoms with E-state index in [4.69, 9.17) is 15.5 Å². The lowest BCUT2D eigenvalue weighted by Gasteiger charge is -2.19. The maximum absolute atomic E-state index is 13.2. The molecule has 0 aliphatic heterocycles. The van der Waals surface area contributed by atoms with Crippen LogP contribution < -0.4 is 15.8 Å². The molecule has 0 spiro atoms. The first kappa shape index (κ1) is 22.9. The van der Waals surface area contributed by atoms with E-state index in [0.29, 0.717) is 5.82 Å². The van der Waals surface area contributed by atoms with E-state index in [1.807, 2.05) is 55.6 Å². The second-order valence-electron chi connectivity index (χ2n) is 10.4. The van der Waals surface area contributed by atoms with E-state index in [0.717, 1.165) is 57.7 Å². The molecule has 35 heavy (non-hydrogen) atoms. The van der Waals surface area contributed by atoms with Gasteiger partial charge in [-0.3, -0.25) is 4.79 Å². The molecular formula is C28H31N5O2. The molecule has 1 saturated carbocycles. The van der Waals surface area contributed by atoms with E-state index in [9.17, 15) is 4.79 Å². The van der Waals surface area contributed by atoms with E-state index in [1.165, 1.54) is 0 Å². The van der Waals surface area contributed by atoms with E-state index in [-0.39, 0.29) is 11.3 Å². The quantitative estimate of drug-likeness (QED) is 0.419. The number of benzene rings is 2. The fraction of sp³-hybridized carbons (Fsp3) is 0.321. The number of nitrogen functional groups attached to an aromatic ring is 1. The lowest BCUT2D eigenvalue weighted by molar-refractivity contribution is -0.118. The number of fused-ring (bicyclic) bond motifs is 1. The minimum atomic E-state index is -0.464. The van der Waals surface area contributed by atoms with Crippen molar-refractivity contribution in [2.45, 2.75) is 44.4 Å². The number of methoxy groups -OCH3 is 1. The maximum Gasteiger partial charge on any atom is 0.235 e. The van der Waals surface area contributed by atoms with Gasteiger partial charge in [-0.15, -0.1) is 0 Å². The van der Waals surface area contributed by atoms with Crippen LogP contribution in [0.4, 0.5) is 11.5 Å². The van der Waals surface area contributed by atoms with Gasteiger partial charge in [-0.2, -0.15) is 5.10 Å². The molecule has 5 rings (SSSR count). The van der Waals surface area contributed by atoms with E-state index in [1.54, 1.807) is 11.8 Å². The number of nitrogens with two attached hydrogens (primary N) is 1. The van der Waals surface area contributed by atoms with Crippen molar-refractivity contribution in [2.75, 3.05) is 18.2 Å². The van der Waals surface area contributed by atoms with Crippen molar-refractivity contribution in [1.82, 2.24) is 14.8 Å². The highest BCUT2D eigenvalue weighted by Gasteiger charge is 2.51. The first-order valence-electron chi connectivity index (χ1n) is 11.8. The molecule has 7 nitrogen and oxygen atoms in total. The van der Waals surface area contributed by atoms with Crippen molar-refractivity contribution in [1.29, 1.82) is 0 Å². The third kappa shape index (κ3) is 4.01. The zero-order valence-electron chi connectivity index (χ0n) is 20.8. The Labute approximate surface area is 205 Å². The summed E-state index contributed by atoms with van der Waals surface area (Å²) >= 11 is 0. The molecule has 7 heteroatoms. The van der Waals surface area contributed by atoms with Gasteiger partial charge in [-0.05, 0) is 59.9 Å². The Morgan fingerprint density at radius 2 is 1.74 bits per heavy atom. The van der Waals surface area contributed by atoms with Crippen molar-refractivity contribution in [3.05, 3.63) is 65.9 Å². The van der Waals surface area contributed by atoms with Gasteiger partial charge in [0.2, 0.25) is 5.91 Å². The van der Waals surface area contributed by atoms with Crippen LogP contribution in [-0.4, -0.2) is 27.8 Å². The van der Waals surface area contributed by atoms with Gasteiger partial charge in [0, 0.05) is 23.8 Å². The molecular weight excluding hydrogens is 438 g/mol. The number of carbonyl (C=O) groups excluding carboxylic acids is 1. The van der Waals surface area contributed by atoms with Crippen LogP contribution in [0.25, 0.3) is 22.2 Å². The lowest BCUT2D eigenvalue weighted by atomic mass is 9.89. The van der Waals surface area contributed by atoms with Crippen LogP contribution >= 0.6 is 0 Å². The lowest BCUT2D eigenvalue weighted by Crippen LogP contribution is -2.27. The van der Waals surface area contributed by atoms with Crippen molar-refractivity contribution >= 4 is 28.4 Å². The van der Waals surface area contributed by atoms with E-state index < -0.39 is 5.41 Å². The number of hydrogen-bond donors (Lipinski definition) is 2. The Morgan fingerprint density at radius 3 is 2.31 bits per heavy atom. The molecule has 2 aromatic carbocycles. The monoisotopic (exact) mass is 469 g/mol. The minimum absolute atomic E-state index is 0.0215. The molecule has 0 saturated heterocycles. The van der Waals surface area contributed by atoms with Gasteiger partial charge in [0.1, 0.15) is 5.75 Å². The predicted molar refractivity (Wildman–Crippen MR) is 140 cm³/mol. The van der Waals surface area contributed by atoms with Crippen LogP contribution in [0.3, 0.4) is 0 Å². The number of carbonyl (C=O) groups is 1. The summed E-state index contributed by atoms with van der Waals surface area (Å²) < 4.78 is 6.98. The van der Waals surface area contributed by atoms with Gasteiger partial charge in [-0.1, -0.05) is 45.0 Å². The molecule has 180 valence electrons. The van der Waals surface area contributed by atoms with Gasteiger partial charge >= 0.3 is 0 Å². The number of rotatable bonds is 5. The molecule has 2 heterocycles. The number of pyridine rings is 1. The Balaban J connectivity index is 1.44. The molecule has 1 amide bonds. The normalized spacial score (nSPS) is 14.7. The number of anilines is 2. The summed E-state index contributed by atoms with van der Waals surface area (Å²) in [6.45, 7) is 6.42. The van der Waals surface area contributed by atoms with Crippen molar-refractivity contribution in [2.24, 2.45) is 7.05 Å². The number of amides is 1. The average molecular weight is 470 g/mol. The van der Waals surface area contributed by atoms with Crippen LogP contribution in [0.2, 0.25) is 0 Å². The third-order valence-electron chi connectivity index (χ3n) is 6.87. The van der Waals surface area contributed by atoms with E-state index in [2.05, 4.69) is 37.3 Å². The van der Waals surface area contributed by atoms with Crippen LogP contribution in [0.5, 0.6) is 5.75 Å². The van der Waals surface area contributed by atoms with Crippen LogP contribution in [0.15, 0.2) is 54.6 Å². The Bertz CT molecular complexity index is 1410. The van der Waals surface area contributed by atoms with Gasteiger partial charge < -0.3 is 15.8 Å². The molecule has 1 fully saturated rings. The number of aromatic nitrogens is 3. The van der Waals surface area contributed by atoms with Crippen LogP contribution in [0.1, 0.15) is 44.9 Å². The second kappa shape index (κ2) is 8.12. The molecule has 2 aromatic heterocycles. The average Bonchev–Trinajstić information content (AvgIpc) is 3.60. The Hall–Kier alpha value is -3.87. The number of aryl methyl sites for hydroxylation is 1. The molecule has 0 radical (unpaired) electrons. The predicted octanol–water partition coefficient (Wildman–Crippen LogP) is 5.19. The van der Waals surface area contributed by atoms with Crippen LogP contribution in [-0.2, 0) is 22.7 Å². The first-order chi connectivity index (χ1) is 16.6. The molecule has 0 atom stereocenters. The SMILES string of the molecule is COc1ccc(C2(C(=O)Nc3ccc(-c4cc(C(C)(C)C)nc5c4c(N)nn5C)cc3)CC2)cc1. The maximum atomic E-state index is 13.2. The zero-order valence-corrected chi connectivity index (χ0v) is 20.8. The van der Waals surface area contributed by atoms with Crippen molar-refractivity contribution < 1.29 is 9.53 Å². The summed E-state index contributed by atoms with van der Waals surface area (Å²) in [4.78, 5) is 18.0. The van der Waals surface area contributed by atoms with Crippen molar-refractivity contribution in [3.63, 3.8) is 0 Å². The summed E-state index contributed by atoms with van der Waals surface area (Å²) in [7, 11) is 3.50. The third-order valence-corrected chi connectivity index (χ3v) is 6.87. The summed E-state index contributed by atoms with van der Waals surface area (Å²) in [5.74, 6) is 1.26. The smallest absolute Gasteiger partial charge is 0.235 e. The molecule has 0 bridgehead atoms. The molecule has 4 aromatic rings. The highest BCUT2D eigenvalue weighted by molar-refractivity contribution is 6.03. The standard InChI is InChI=1S/C28H31N5O2/c1-27(2,3)22-16-21(23-24(29)32-33(4)25(23)31-22)17-6-10-19(11-7-17)30-26(34)28(14-15-28)18-8-12-20(35-5)13-9-18/h6-13,16H,14-15H2,1-5H3,(H2,29,32)(H,30,34). The summed E-state index contributed by atoms with van der Waals surface area (Å²) in [5, 5.41) is 8.35. The van der Waals surface area contributed by atoms with Gasteiger partial charge in [0.05, 0.1) is 17.9 Å². The van der Waals surface area contributed by atoms with Crippen molar-refractivity contribution in [3.8, 4) is 16.9 Å². The number of hydrogen-bond acceptors (Lipinski definition) is 5. The highest BCUT2D eigenvalue weighted by Crippen LogP contribution is 2.49. The summed E-state index contributed by atoms with van der Waals surface area (Å²) in [5.41, 5.74) is 11.2. The minimum Gasteiger partial charge on any atom is -0.497 e. The fourth-order valence-corrected chi connectivity index (χ4v) is 4.55. The zero-order chi connectivity index (χ0) is 25.0. The molecule has 3 N–H and O–H groups in total. The summed E-state index contributed by atoms with van der Waals surface area (Å²) in [6.07, 6.45) is 1.68. The number of ether oxygens (including phenoxy) is 1. The highest BCUT2D eigenvalue weighted by atomic mass is 16.5. The Kier molecular flexibility index (Phi) is 5.31. The molecule has 1 aliphatic rings. The summed E-state index contributed by atoms with van der Waals surface area (Å²) in [6, 6.07) is 17.8. The largest absolute Gasteiger partial charge is 0.497 e. The Morgan fingerprint density at radius 1 is 1.09 bits per heavy atom. The second-order valence-corrected chi connectivity index (χ2v) is 10.4. The molecule has 1 aliphatic carbocycles. The number of nitrogens with zero attached hydrogens (tertiary/aromatic N) is 3. The first-order valence-corrected chi connectivity index (χ1v) is 11.8. The fourth-order valence-electron chi connectivity index (χ4n) is 4.55. The van der Waals surface area contributed by atoms with Gasteiger partial charge in [0.25, 0.3) is 0 Å².